The molecule has 0 atom stereocenters. The summed E-state index contributed by atoms with van der Waals surface area (Å²) in [7, 11) is 4.18. The van der Waals surface area contributed by atoms with Gasteiger partial charge < -0.3 is 15.0 Å². The fourth-order valence-corrected chi connectivity index (χ4v) is 1.88. The first-order valence-corrected chi connectivity index (χ1v) is 7.99. The first-order chi connectivity index (χ1) is 9.95. The summed E-state index contributed by atoms with van der Waals surface area (Å²) in [6.45, 7) is 10.2. The molecule has 3 heteroatoms. The van der Waals surface area contributed by atoms with Crippen molar-refractivity contribution in [3.8, 4) is 0 Å². The zero-order valence-electron chi connectivity index (χ0n) is 14.4. The van der Waals surface area contributed by atoms with Crippen molar-refractivity contribution in [2.24, 2.45) is 0 Å². The van der Waals surface area contributed by atoms with Gasteiger partial charge in [0.25, 0.3) is 0 Å². The Labute approximate surface area is 130 Å². The molecule has 0 saturated carbocycles. The van der Waals surface area contributed by atoms with E-state index >= 15 is 0 Å². The third kappa shape index (κ3) is 7.07. The van der Waals surface area contributed by atoms with Crippen LogP contribution in [0.1, 0.15) is 38.3 Å². The van der Waals surface area contributed by atoms with Crippen LogP contribution in [0.4, 0.5) is 0 Å². The molecule has 21 heavy (non-hydrogen) atoms. The van der Waals surface area contributed by atoms with Crippen LogP contribution in [-0.2, 0) is 17.8 Å². The predicted molar refractivity (Wildman–Crippen MR) is 90.7 cm³/mol. The summed E-state index contributed by atoms with van der Waals surface area (Å²) >= 11 is 0. The Kier molecular flexibility index (Phi) is 7.94. The van der Waals surface area contributed by atoms with E-state index in [4.69, 9.17) is 4.74 Å². The molecule has 1 N–H and O–H groups in total. The number of rotatable bonds is 10. The quantitative estimate of drug-likeness (QED) is 0.671. The highest BCUT2D eigenvalue weighted by atomic mass is 16.5. The van der Waals surface area contributed by atoms with Crippen LogP contribution < -0.4 is 5.32 Å². The Hall–Kier alpha value is -0.900. The van der Waals surface area contributed by atoms with Crippen LogP contribution in [0.3, 0.4) is 0 Å². The number of nitrogens with zero attached hydrogens (tertiary/aromatic N) is 1. The minimum Gasteiger partial charge on any atom is -0.375 e. The molecule has 0 radical (unpaired) electrons. The van der Waals surface area contributed by atoms with E-state index < -0.39 is 0 Å². The molecule has 0 fully saturated rings. The van der Waals surface area contributed by atoms with Crippen LogP contribution in [0.25, 0.3) is 0 Å². The Bertz CT molecular complexity index is 385. The zero-order valence-corrected chi connectivity index (χ0v) is 14.4. The fraction of sp³-hybridized carbons (Fsp3) is 0.667. The Balaban J connectivity index is 2.31. The van der Waals surface area contributed by atoms with E-state index in [1.807, 2.05) is 0 Å². The minimum absolute atomic E-state index is 0.0743. The highest BCUT2D eigenvalue weighted by Gasteiger charge is 2.20. The smallest absolute Gasteiger partial charge is 0.0717 e. The largest absolute Gasteiger partial charge is 0.375 e. The highest BCUT2D eigenvalue weighted by molar-refractivity contribution is 5.22. The molecule has 0 heterocycles. The van der Waals surface area contributed by atoms with Gasteiger partial charge in [-0.1, -0.05) is 31.2 Å². The van der Waals surface area contributed by atoms with Gasteiger partial charge in [0.1, 0.15) is 0 Å². The molecule has 1 aromatic rings. The van der Waals surface area contributed by atoms with Crippen molar-refractivity contribution >= 4 is 0 Å². The molecule has 1 aromatic carbocycles. The lowest BCUT2D eigenvalue weighted by Gasteiger charge is -2.32. The molecule has 0 unspecified atom stereocenters. The Morgan fingerprint density at radius 3 is 2.24 bits per heavy atom. The number of hydrogen-bond acceptors (Lipinski definition) is 3. The van der Waals surface area contributed by atoms with Crippen molar-refractivity contribution in [3.63, 3.8) is 0 Å². The van der Waals surface area contributed by atoms with E-state index in [1.165, 1.54) is 17.5 Å². The van der Waals surface area contributed by atoms with E-state index in [-0.39, 0.29) is 5.54 Å². The van der Waals surface area contributed by atoms with Crippen LogP contribution in [0, 0.1) is 0 Å². The molecule has 3 nitrogen and oxygen atoms in total. The highest BCUT2D eigenvalue weighted by Crippen LogP contribution is 2.12. The fourth-order valence-electron chi connectivity index (χ4n) is 1.88. The second kappa shape index (κ2) is 9.19. The van der Waals surface area contributed by atoms with Crippen LogP contribution >= 0.6 is 0 Å². The van der Waals surface area contributed by atoms with Gasteiger partial charge in [0, 0.05) is 5.54 Å². The van der Waals surface area contributed by atoms with E-state index in [0.29, 0.717) is 6.61 Å². The topological polar surface area (TPSA) is 24.5 Å². The van der Waals surface area contributed by atoms with Crippen molar-refractivity contribution < 1.29 is 4.74 Å². The van der Waals surface area contributed by atoms with Crippen molar-refractivity contribution in [1.82, 2.24) is 10.2 Å². The third-order valence-electron chi connectivity index (χ3n) is 3.97. The summed E-state index contributed by atoms with van der Waals surface area (Å²) < 4.78 is 5.84. The van der Waals surface area contributed by atoms with Crippen molar-refractivity contribution in [3.05, 3.63) is 35.4 Å². The van der Waals surface area contributed by atoms with Gasteiger partial charge in [0.2, 0.25) is 0 Å². The van der Waals surface area contributed by atoms with E-state index in [2.05, 4.69) is 69.3 Å². The second-order valence-corrected chi connectivity index (χ2v) is 6.52. The molecule has 0 aliphatic carbocycles. The maximum absolute atomic E-state index is 5.84. The molecule has 120 valence electrons. The number of hydrogen-bond donors (Lipinski definition) is 1. The van der Waals surface area contributed by atoms with Gasteiger partial charge in [-0.05, 0) is 65.0 Å². The summed E-state index contributed by atoms with van der Waals surface area (Å²) in [5.74, 6) is 0. The third-order valence-corrected chi connectivity index (χ3v) is 3.97. The number of benzene rings is 1. The molecular weight excluding hydrogens is 260 g/mol. The number of ether oxygens (including phenoxy) is 1. The molecule has 0 bridgehead atoms. The molecule has 0 amide bonds. The summed E-state index contributed by atoms with van der Waals surface area (Å²) in [5.41, 5.74) is 2.70. The van der Waals surface area contributed by atoms with E-state index in [1.54, 1.807) is 0 Å². The van der Waals surface area contributed by atoms with Crippen molar-refractivity contribution in [2.45, 2.75) is 45.8 Å². The maximum atomic E-state index is 5.84. The summed E-state index contributed by atoms with van der Waals surface area (Å²) in [4.78, 5) is 2.19. The van der Waals surface area contributed by atoms with Gasteiger partial charge in [-0.3, -0.25) is 0 Å². The summed E-state index contributed by atoms with van der Waals surface area (Å²) in [6, 6.07) is 8.78. The molecule has 0 aromatic heterocycles. The monoisotopic (exact) mass is 292 g/mol. The van der Waals surface area contributed by atoms with E-state index in [0.717, 1.165) is 26.1 Å². The van der Waals surface area contributed by atoms with Gasteiger partial charge in [0.15, 0.2) is 0 Å². The minimum atomic E-state index is 0.0743. The maximum Gasteiger partial charge on any atom is 0.0717 e. The predicted octanol–water partition coefficient (Wildman–Crippen LogP) is 3.09. The van der Waals surface area contributed by atoms with Gasteiger partial charge in [0.05, 0.1) is 13.2 Å². The molecule has 1 rings (SSSR count). The normalized spacial score (nSPS) is 12.1. The van der Waals surface area contributed by atoms with Crippen molar-refractivity contribution in [1.29, 1.82) is 0 Å². The molecule has 0 saturated heterocycles. The number of likely N-dealkylation sites (N-methyl/N-ethyl adjacent to an activating group) is 1. The summed E-state index contributed by atoms with van der Waals surface area (Å²) in [5, 5.41) is 3.43. The van der Waals surface area contributed by atoms with E-state index in [9.17, 15) is 0 Å². The molecule has 0 spiro atoms. The van der Waals surface area contributed by atoms with Gasteiger partial charge >= 0.3 is 0 Å². The standard InChI is InChI=1S/C18H32N2O/c1-6-12-19-13-11-16-7-9-17(10-8-16)14-21-15-18(2,3)20(4)5/h7-10,19H,6,11-15H2,1-5H3. The first-order valence-electron chi connectivity index (χ1n) is 7.99. The lowest BCUT2D eigenvalue weighted by atomic mass is 10.1. The van der Waals surface area contributed by atoms with Gasteiger partial charge in [-0.2, -0.15) is 0 Å². The lowest BCUT2D eigenvalue weighted by Crippen LogP contribution is -2.42. The van der Waals surface area contributed by atoms with Crippen LogP contribution in [0.2, 0.25) is 0 Å². The molecular formula is C18H32N2O. The number of nitrogens with one attached hydrogen (secondary N) is 1. The van der Waals surface area contributed by atoms with Crippen LogP contribution in [0.5, 0.6) is 0 Å². The van der Waals surface area contributed by atoms with Crippen LogP contribution in [0.15, 0.2) is 24.3 Å². The lowest BCUT2D eigenvalue weighted by molar-refractivity contribution is 0.0275. The average Bonchev–Trinajstić information content (AvgIpc) is 2.45. The van der Waals surface area contributed by atoms with Crippen LogP contribution in [-0.4, -0.2) is 44.2 Å². The molecule has 0 aliphatic rings. The van der Waals surface area contributed by atoms with Gasteiger partial charge in [-0.25, -0.2) is 0 Å². The summed E-state index contributed by atoms with van der Waals surface area (Å²) in [6.07, 6.45) is 2.29. The van der Waals surface area contributed by atoms with Gasteiger partial charge in [-0.15, -0.1) is 0 Å². The first kappa shape index (κ1) is 18.1. The average molecular weight is 292 g/mol. The molecule has 0 aliphatic heterocycles. The zero-order chi connectivity index (χ0) is 15.7. The SMILES string of the molecule is CCCNCCc1ccc(COCC(C)(C)N(C)C)cc1. The Morgan fingerprint density at radius 2 is 1.67 bits per heavy atom. The second-order valence-electron chi connectivity index (χ2n) is 6.52. The van der Waals surface area contributed by atoms with Crippen molar-refractivity contribution in [2.75, 3.05) is 33.8 Å². The Morgan fingerprint density at radius 1 is 1.05 bits per heavy atom.